The van der Waals surface area contributed by atoms with E-state index in [-0.39, 0.29) is 24.2 Å². The monoisotopic (exact) mass is 207 g/mol. The molecule has 1 aliphatic rings. The summed E-state index contributed by atoms with van der Waals surface area (Å²) in [5.41, 5.74) is 5.52. The lowest BCUT2D eigenvalue weighted by Crippen LogP contribution is -2.30. The van der Waals surface area contributed by atoms with Crippen molar-refractivity contribution in [1.29, 1.82) is 0 Å². The summed E-state index contributed by atoms with van der Waals surface area (Å²) in [6.07, 6.45) is 3.34. The molecule has 1 aliphatic carbocycles. The summed E-state index contributed by atoms with van der Waals surface area (Å²) < 4.78 is 0. The number of nitrogens with two attached hydrogens (primary N) is 1. The quantitative estimate of drug-likeness (QED) is 0.740. The van der Waals surface area contributed by atoms with E-state index in [2.05, 4.69) is 6.92 Å². The van der Waals surface area contributed by atoms with Crippen molar-refractivity contribution in [2.45, 2.75) is 32.6 Å². The highest BCUT2D eigenvalue weighted by Crippen LogP contribution is 2.43. The molecule has 0 radical (unpaired) electrons. The minimum Gasteiger partial charge on any atom is -0.481 e. The summed E-state index contributed by atoms with van der Waals surface area (Å²) in [7, 11) is 0. The third kappa shape index (κ3) is 3.16. The molecule has 13 heavy (non-hydrogen) atoms. The molecule has 0 aromatic heterocycles. The molecular weight excluding hydrogens is 190 g/mol. The molecule has 4 heteroatoms. The molecule has 3 N–H and O–H groups in total. The van der Waals surface area contributed by atoms with Crippen LogP contribution in [0.3, 0.4) is 0 Å². The van der Waals surface area contributed by atoms with Gasteiger partial charge in [0.15, 0.2) is 0 Å². The maximum Gasteiger partial charge on any atom is 0.303 e. The topological polar surface area (TPSA) is 63.3 Å². The molecule has 0 spiro atoms. The fourth-order valence-electron chi connectivity index (χ4n) is 2.23. The van der Waals surface area contributed by atoms with E-state index in [9.17, 15) is 4.79 Å². The average molecular weight is 208 g/mol. The Bertz CT molecular complexity index is 186. The summed E-state index contributed by atoms with van der Waals surface area (Å²) in [5, 5.41) is 8.70. The number of carbonyl (C=O) groups is 1. The van der Waals surface area contributed by atoms with Crippen LogP contribution in [0.2, 0.25) is 0 Å². The first-order valence-corrected chi connectivity index (χ1v) is 4.50. The molecule has 1 fully saturated rings. The number of carboxylic acids is 1. The van der Waals surface area contributed by atoms with Gasteiger partial charge in [0.1, 0.15) is 0 Å². The minimum absolute atomic E-state index is 0. The van der Waals surface area contributed by atoms with Crippen molar-refractivity contribution in [1.82, 2.24) is 0 Å². The Labute approximate surface area is 85.1 Å². The van der Waals surface area contributed by atoms with E-state index < -0.39 is 5.97 Å². The van der Waals surface area contributed by atoms with Gasteiger partial charge in [-0.2, -0.15) is 0 Å². The molecule has 0 saturated heterocycles. The first kappa shape index (κ1) is 12.7. The molecule has 2 unspecified atom stereocenters. The summed E-state index contributed by atoms with van der Waals surface area (Å²) >= 11 is 0. The summed E-state index contributed by atoms with van der Waals surface area (Å²) in [6, 6.07) is 0. The molecule has 0 amide bonds. The minimum atomic E-state index is -0.713. The summed E-state index contributed by atoms with van der Waals surface area (Å²) in [6.45, 7) is 2.68. The summed E-state index contributed by atoms with van der Waals surface area (Å²) in [4.78, 5) is 10.6. The molecule has 0 aliphatic heterocycles. The van der Waals surface area contributed by atoms with Crippen molar-refractivity contribution in [3.63, 3.8) is 0 Å². The van der Waals surface area contributed by atoms with E-state index in [0.717, 1.165) is 19.3 Å². The fraction of sp³-hybridized carbons (Fsp3) is 0.889. The molecule has 1 rings (SSSR count). The second kappa shape index (κ2) is 4.82. The van der Waals surface area contributed by atoms with Crippen LogP contribution in [0.15, 0.2) is 0 Å². The smallest absolute Gasteiger partial charge is 0.303 e. The Hall–Kier alpha value is -0.280. The largest absolute Gasteiger partial charge is 0.481 e. The van der Waals surface area contributed by atoms with Gasteiger partial charge in [-0.05, 0) is 30.7 Å². The molecule has 0 aromatic rings. The Kier molecular flexibility index (Phi) is 4.71. The Morgan fingerprint density at radius 3 is 2.62 bits per heavy atom. The van der Waals surface area contributed by atoms with Crippen molar-refractivity contribution in [3.05, 3.63) is 0 Å². The third-order valence-corrected chi connectivity index (χ3v) is 2.91. The highest BCUT2D eigenvalue weighted by molar-refractivity contribution is 5.85. The van der Waals surface area contributed by atoms with E-state index in [1.807, 2.05) is 0 Å². The summed E-state index contributed by atoms with van der Waals surface area (Å²) in [5.74, 6) is -0.0672. The second-order valence-corrected chi connectivity index (χ2v) is 4.12. The molecule has 1 saturated carbocycles. The fourth-order valence-corrected chi connectivity index (χ4v) is 2.23. The molecule has 2 atom stereocenters. The van der Waals surface area contributed by atoms with Gasteiger partial charge in [-0.25, -0.2) is 0 Å². The lowest BCUT2D eigenvalue weighted by molar-refractivity contribution is -0.139. The molecular formula is C9H18ClNO2. The lowest BCUT2D eigenvalue weighted by atomic mass is 9.82. The van der Waals surface area contributed by atoms with Crippen LogP contribution in [0, 0.1) is 11.3 Å². The predicted molar refractivity (Wildman–Crippen MR) is 54.0 cm³/mol. The van der Waals surface area contributed by atoms with Gasteiger partial charge in [-0.3, -0.25) is 4.79 Å². The Balaban J connectivity index is 0.00000144. The van der Waals surface area contributed by atoms with Crippen LogP contribution in [0.5, 0.6) is 0 Å². The van der Waals surface area contributed by atoms with Crippen molar-refractivity contribution in [2.24, 2.45) is 17.1 Å². The molecule has 0 bridgehead atoms. The number of carboxylic acid groups (broad SMARTS) is 1. The van der Waals surface area contributed by atoms with Crippen LogP contribution in [-0.4, -0.2) is 17.6 Å². The van der Waals surface area contributed by atoms with Crippen LogP contribution in [0.1, 0.15) is 32.6 Å². The SMILES string of the molecule is CC1CCC(CN)(CC(=O)O)C1.Cl. The Morgan fingerprint density at radius 2 is 2.31 bits per heavy atom. The molecule has 0 heterocycles. The number of halogens is 1. The normalized spacial score (nSPS) is 32.6. The number of hydrogen-bond acceptors (Lipinski definition) is 2. The number of hydrogen-bond donors (Lipinski definition) is 2. The van der Waals surface area contributed by atoms with E-state index in [4.69, 9.17) is 10.8 Å². The zero-order valence-electron chi connectivity index (χ0n) is 7.95. The van der Waals surface area contributed by atoms with Crippen molar-refractivity contribution in [3.8, 4) is 0 Å². The molecule has 0 aromatic carbocycles. The zero-order valence-corrected chi connectivity index (χ0v) is 8.77. The first-order chi connectivity index (χ1) is 5.58. The van der Waals surface area contributed by atoms with E-state index in [1.54, 1.807) is 0 Å². The number of aliphatic carboxylic acids is 1. The highest BCUT2D eigenvalue weighted by Gasteiger charge is 2.37. The maximum atomic E-state index is 10.6. The van der Waals surface area contributed by atoms with E-state index in [1.165, 1.54) is 0 Å². The molecule has 3 nitrogen and oxygen atoms in total. The van der Waals surface area contributed by atoms with E-state index >= 15 is 0 Å². The Morgan fingerprint density at radius 1 is 1.69 bits per heavy atom. The third-order valence-electron chi connectivity index (χ3n) is 2.91. The van der Waals surface area contributed by atoms with Gasteiger partial charge >= 0.3 is 5.97 Å². The zero-order chi connectivity index (χ0) is 9.19. The maximum absolute atomic E-state index is 10.6. The van der Waals surface area contributed by atoms with Crippen LogP contribution < -0.4 is 5.73 Å². The van der Waals surface area contributed by atoms with Gasteiger partial charge in [-0.1, -0.05) is 13.3 Å². The van der Waals surface area contributed by atoms with Gasteiger partial charge in [-0.15, -0.1) is 12.4 Å². The predicted octanol–water partition coefficient (Wildman–Crippen LogP) is 1.65. The van der Waals surface area contributed by atoms with Gasteiger partial charge in [0.25, 0.3) is 0 Å². The second-order valence-electron chi connectivity index (χ2n) is 4.12. The van der Waals surface area contributed by atoms with Crippen molar-refractivity contribution in [2.75, 3.05) is 6.54 Å². The van der Waals surface area contributed by atoms with E-state index in [0.29, 0.717) is 12.5 Å². The van der Waals surface area contributed by atoms with Gasteiger partial charge in [0, 0.05) is 0 Å². The van der Waals surface area contributed by atoms with Gasteiger partial charge in [0.05, 0.1) is 6.42 Å². The molecule has 78 valence electrons. The first-order valence-electron chi connectivity index (χ1n) is 4.50. The number of rotatable bonds is 3. The van der Waals surface area contributed by atoms with Gasteiger partial charge < -0.3 is 10.8 Å². The average Bonchev–Trinajstić information content (AvgIpc) is 2.32. The van der Waals surface area contributed by atoms with Crippen molar-refractivity contribution >= 4 is 18.4 Å². The van der Waals surface area contributed by atoms with Crippen LogP contribution >= 0.6 is 12.4 Å². The van der Waals surface area contributed by atoms with Crippen LogP contribution in [-0.2, 0) is 4.79 Å². The lowest BCUT2D eigenvalue weighted by Gasteiger charge is -2.25. The van der Waals surface area contributed by atoms with Gasteiger partial charge in [0.2, 0.25) is 0 Å². The van der Waals surface area contributed by atoms with Crippen LogP contribution in [0.4, 0.5) is 0 Å². The highest BCUT2D eigenvalue weighted by atomic mass is 35.5. The standard InChI is InChI=1S/C9H17NO2.ClH/c1-7-2-3-9(4-7,6-10)5-8(11)12;/h7H,2-6,10H2,1H3,(H,11,12);1H. The van der Waals surface area contributed by atoms with Crippen LogP contribution in [0.25, 0.3) is 0 Å². The van der Waals surface area contributed by atoms with Crippen molar-refractivity contribution < 1.29 is 9.90 Å².